The van der Waals surface area contributed by atoms with E-state index in [4.69, 9.17) is 0 Å². The van der Waals surface area contributed by atoms with Crippen molar-refractivity contribution in [2.75, 3.05) is 0 Å². The Balaban J connectivity index is 2.89. The molecule has 1 atom stereocenters. The van der Waals surface area contributed by atoms with Crippen molar-refractivity contribution in [2.45, 2.75) is 19.4 Å². The average Bonchev–Trinajstić information content (AvgIpc) is 2.04. The maximum Gasteiger partial charge on any atom is 0.0552 e. The lowest BCUT2D eigenvalue weighted by Gasteiger charge is -2.07. The summed E-state index contributed by atoms with van der Waals surface area (Å²) in [6, 6.07) is 7.97. The molecule has 0 aliphatic carbocycles. The van der Waals surface area contributed by atoms with Crippen molar-refractivity contribution < 1.29 is 5.11 Å². The third-order valence-electron chi connectivity index (χ3n) is 1.79. The molecule has 0 aliphatic heterocycles. The number of hydrogen-bond donors (Lipinski definition) is 1. The van der Waals surface area contributed by atoms with E-state index >= 15 is 0 Å². The Morgan fingerprint density at radius 2 is 2.17 bits per heavy atom. The minimum absolute atomic E-state index is 0.286. The molecule has 1 heteroatoms. The molecule has 0 radical (unpaired) electrons. The van der Waals surface area contributed by atoms with Crippen LogP contribution < -0.4 is 0 Å². The molecule has 1 rings (SSSR count). The lowest BCUT2D eigenvalue weighted by molar-refractivity contribution is 0.195. The van der Waals surface area contributed by atoms with Crippen LogP contribution in [0.5, 0.6) is 0 Å². The van der Waals surface area contributed by atoms with Gasteiger partial charge < -0.3 is 5.11 Å². The molecule has 0 saturated heterocycles. The maximum absolute atomic E-state index is 9.19. The van der Waals surface area contributed by atoms with Gasteiger partial charge in [0.15, 0.2) is 0 Å². The molecule has 1 N–H and O–H groups in total. The minimum Gasteiger partial charge on any atom is -0.393 e. The van der Waals surface area contributed by atoms with Gasteiger partial charge in [0, 0.05) is 0 Å². The first-order valence-electron chi connectivity index (χ1n) is 4.12. The molecular formula is C11H14O. The van der Waals surface area contributed by atoms with Crippen molar-refractivity contribution >= 4 is 6.08 Å². The molecule has 0 amide bonds. The number of rotatable bonds is 3. The first kappa shape index (κ1) is 9.01. The van der Waals surface area contributed by atoms with Crippen molar-refractivity contribution in [1.82, 2.24) is 0 Å². The van der Waals surface area contributed by atoms with Crippen molar-refractivity contribution in [3.63, 3.8) is 0 Å². The van der Waals surface area contributed by atoms with E-state index in [-0.39, 0.29) is 6.10 Å². The highest BCUT2D eigenvalue weighted by Crippen LogP contribution is 2.11. The monoisotopic (exact) mass is 162 g/mol. The van der Waals surface area contributed by atoms with E-state index in [1.54, 1.807) is 6.92 Å². The molecule has 12 heavy (non-hydrogen) atoms. The Kier molecular flexibility index (Phi) is 3.06. The lowest BCUT2D eigenvalue weighted by Crippen LogP contribution is -2.05. The molecule has 1 aromatic rings. The highest BCUT2D eigenvalue weighted by atomic mass is 16.3. The van der Waals surface area contributed by atoms with Gasteiger partial charge in [0.05, 0.1) is 6.10 Å². The zero-order chi connectivity index (χ0) is 8.97. The van der Waals surface area contributed by atoms with Crippen LogP contribution in [0.2, 0.25) is 0 Å². The fraction of sp³-hybridized carbons (Fsp3) is 0.273. The summed E-state index contributed by atoms with van der Waals surface area (Å²) < 4.78 is 0. The second-order valence-corrected chi connectivity index (χ2v) is 2.96. The van der Waals surface area contributed by atoms with Gasteiger partial charge in [0.1, 0.15) is 0 Å². The Bertz CT molecular complexity index is 263. The van der Waals surface area contributed by atoms with Crippen LogP contribution in [0.1, 0.15) is 18.1 Å². The SMILES string of the molecule is C=Cc1ccccc1CC(C)O. The quantitative estimate of drug-likeness (QED) is 0.722. The topological polar surface area (TPSA) is 20.2 Å². The van der Waals surface area contributed by atoms with E-state index in [1.807, 2.05) is 30.3 Å². The number of aliphatic hydroxyl groups is 1. The van der Waals surface area contributed by atoms with E-state index in [1.165, 1.54) is 0 Å². The van der Waals surface area contributed by atoms with Crippen molar-refractivity contribution in [2.24, 2.45) is 0 Å². The Hall–Kier alpha value is -1.08. The molecule has 1 aromatic carbocycles. The van der Waals surface area contributed by atoms with Crippen LogP contribution in [0.25, 0.3) is 6.08 Å². The molecule has 64 valence electrons. The van der Waals surface area contributed by atoms with Crippen LogP contribution in [-0.2, 0) is 6.42 Å². The highest BCUT2D eigenvalue weighted by Gasteiger charge is 2.01. The molecule has 0 fully saturated rings. The third kappa shape index (κ3) is 2.21. The summed E-state index contributed by atoms with van der Waals surface area (Å²) in [5, 5.41) is 9.19. The van der Waals surface area contributed by atoms with Gasteiger partial charge in [-0.05, 0) is 24.5 Å². The summed E-state index contributed by atoms with van der Waals surface area (Å²) in [6.07, 6.45) is 2.23. The second-order valence-electron chi connectivity index (χ2n) is 2.96. The Labute approximate surface area is 73.4 Å². The van der Waals surface area contributed by atoms with Crippen LogP contribution in [-0.4, -0.2) is 11.2 Å². The summed E-state index contributed by atoms with van der Waals surface area (Å²) in [7, 11) is 0. The number of benzene rings is 1. The third-order valence-corrected chi connectivity index (χ3v) is 1.79. The smallest absolute Gasteiger partial charge is 0.0552 e. The van der Waals surface area contributed by atoms with Gasteiger partial charge in [0.2, 0.25) is 0 Å². The van der Waals surface area contributed by atoms with Gasteiger partial charge in [-0.2, -0.15) is 0 Å². The van der Waals surface area contributed by atoms with Gasteiger partial charge in [-0.25, -0.2) is 0 Å². The van der Waals surface area contributed by atoms with E-state index < -0.39 is 0 Å². The van der Waals surface area contributed by atoms with Crippen LogP contribution in [0.3, 0.4) is 0 Å². The van der Waals surface area contributed by atoms with Crippen LogP contribution in [0, 0.1) is 0 Å². The predicted molar refractivity (Wildman–Crippen MR) is 51.9 cm³/mol. The summed E-state index contributed by atoms with van der Waals surface area (Å²) in [6.45, 7) is 5.51. The average molecular weight is 162 g/mol. The Morgan fingerprint density at radius 3 is 2.75 bits per heavy atom. The van der Waals surface area contributed by atoms with E-state index in [0.29, 0.717) is 6.42 Å². The molecule has 0 bridgehead atoms. The largest absolute Gasteiger partial charge is 0.393 e. The fourth-order valence-corrected chi connectivity index (χ4v) is 1.24. The lowest BCUT2D eigenvalue weighted by atomic mass is 10.0. The van der Waals surface area contributed by atoms with Crippen molar-refractivity contribution in [3.05, 3.63) is 42.0 Å². The van der Waals surface area contributed by atoms with E-state index in [2.05, 4.69) is 6.58 Å². The van der Waals surface area contributed by atoms with Crippen molar-refractivity contribution in [1.29, 1.82) is 0 Å². The van der Waals surface area contributed by atoms with E-state index in [9.17, 15) is 5.11 Å². The molecular weight excluding hydrogens is 148 g/mol. The first-order chi connectivity index (χ1) is 5.74. The molecule has 1 unspecified atom stereocenters. The van der Waals surface area contributed by atoms with Crippen LogP contribution in [0.4, 0.5) is 0 Å². The molecule has 0 saturated carbocycles. The summed E-state index contributed by atoms with van der Waals surface area (Å²) in [5.74, 6) is 0. The highest BCUT2D eigenvalue weighted by molar-refractivity contribution is 5.51. The normalized spacial score (nSPS) is 12.5. The molecule has 0 aromatic heterocycles. The first-order valence-corrected chi connectivity index (χ1v) is 4.12. The number of aliphatic hydroxyl groups excluding tert-OH is 1. The minimum atomic E-state index is -0.286. The summed E-state index contributed by atoms with van der Waals surface area (Å²) >= 11 is 0. The molecule has 0 spiro atoms. The molecule has 0 aliphatic rings. The van der Waals surface area contributed by atoms with E-state index in [0.717, 1.165) is 11.1 Å². The number of hydrogen-bond acceptors (Lipinski definition) is 1. The van der Waals surface area contributed by atoms with Gasteiger partial charge in [-0.1, -0.05) is 36.9 Å². The van der Waals surface area contributed by atoms with Gasteiger partial charge in [0.25, 0.3) is 0 Å². The second kappa shape index (κ2) is 4.07. The molecule has 1 nitrogen and oxygen atoms in total. The zero-order valence-corrected chi connectivity index (χ0v) is 7.33. The van der Waals surface area contributed by atoms with Gasteiger partial charge in [-0.15, -0.1) is 0 Å². The fourth-order valence-electron chi connectivity index (χ4n) is 1.24. The van der Waals surface area contributed by atoms with Crippen molar-refractivity contribution in [3.8, 4) is 0 Å². The van der Waals surface area contributed by atoms with Gasteiger partial charge >= 0.3 is 0 Å². The summed E-state index contributed by atoms with van der Waals surface area (Å²) in [4.78, 5) is 0. The maximum atomic E-state index is 9.19. The molecule has 0 heterocycles. The summed E-state index contributed by atoms with van der Waals surface area (Å²) in [5.41, 5.74) is 2.26. The zero-order valence-electron chi connectivity index (χ0n) is 7.33. The van der Waals surface area contributed by atoms with Crippen LogP contribution in [0.15, 0.2) is 30.8 Å². The van der Waals surface area contributed by atoms with Gasteiger partial charge in [-0.3, -0.25) is 0 Å². The Morgan fingerprint density at radius 1 is 1.50 bits per heavy atom. The standard InChI is InChI=1S/C11H14O/c1-3-10-6-4-5-7-11(10)8-9(2)12/h3-7,9,12H,1,8H2,2H3. The van der Waals surface area contributed by atoms with Crippen LogP contribution >= 0.6 is 0 Å². The predicted octanol–water partition coefficient (Wildman–Crippen LogP) is 2.25.